The maximum absolute atomic E-state index is 12.5. The van der Waals surface area contributed by atoms with Crippen LogP contribution in [0.25, 0.3) is 0 Å². The number of hydrogen-bond donors (Lipinski definition) is 1. The van der Waals surface area contributed by atoms with Gasteiger partial charge in [0.05, 0.1) is 24.1 Å². The second-order valence-electron chi connectivity index (χ2n) is 7.29. The molecule has 2 rings (SSSR count). The normalized spacial score (nSPS) is 12.9. The van der Waals surface area contributed by atoms with Crippen LogP contribution in [-0.4, -0.2) is 23.7 Å². The molecule has 2 aromatic rings. The zero-order chi connectivity index (χ0) is 21.6. The van der Waals surface area contributed by atoms with Crippen LogP contribution in [0.3, 0.4) is 0 Å². The first-order valence-electron chi connectivity index (χ1n) is 8.93. The minimum absolute atomic E-state index is 0.187. The van der Waals surface area contributed by atoms with E-state index in [1.165, 1.54) is 25.3 Å². The number of methoxy groups -OCH3 is 1. The van der Waals surface area contributed by atoms with E-state index in [1.54, 1.807) is 51.1 Å². The lowest BCUT2D eigenvalue weighted by Gasteiger charge is -2.27. The Labute approximate surface area is 169 Å². The fraction of sp³-hybridized carbons (Fsp3) is 0.333. The van der Waals surface area contributed by atoms with Crippen molar-refractivity contribution < 1.29 is 19.2 Å². The van der Waals surface area contributed by atoms with Gasteiger partial charge >= 0.3 is 6.09 Å². The molecule has 0 aliphatic rings. The molecule has 152 valence electrons. The van der Waals surface area contributed by atoms with Crippen LogP contribution in [0, 0.1) is 21.4 Å². The molecular formula is C21H23N3O5. The summed E-state index contributed by atoms with van der Waals surface area (Å²) in [7, 11) is 1.47. The van der Waals surface area contributed by atoms with E-state index >= 15 is 0 Å². The minimum Gasteiger partial charge on any atom is -0.496 e. The van der Waals surface area contributed by atoms with Crippen LogP contribution in [0.5, 0.6) is 5.75 Å². The predicted octanol–water partition coefficient (Wildman–Crippen LogP) is 4.48. The molecule has 0 saturated carbocycles. The molecule has 0 heterocycles. The Hall–Kier alpha value is -3.60. The summed E-state index contributed by atoms with van der Waals surface area (Å²) in [5.41, 5.74) is -0.265. The molecule has 0 spiro atoms. The number of carbonyl (C=O) groups is 1. The average molecular weight is 397 g/mol. The van der Waals surface area contributed by atoms with Crippen molar-refractivity contribution >= 4 is 11.8 Å². The zero-order valence-electron chi connectivity index (χ0n) is 16.7. The highest BCUT2D eigenvalue weighted by Gasteiger charge is 2.34. The van der Waals surface area contributed by atoms with Gasteiger partial charge in [0.2, 0.25) is 0 Å². The number of para-hydroxylation sites is 2. The lowest BCUT2D eigenvalue weighted by atomic mass is 9.86. The molecular weight excluding hydrogens is 374 g/mol. The van der Waals surface area contributed by atoms with Gasteiger partial charge in [-0.3, -0.25) is 10.1 Å². The molecule has 8 nitrogen and oxygen atoms in total. The molecule has 0 bridgehead atoms. The van der Waals surface area contributed by atoms with Crippen molar-refractivity contribution in [3.05, 3.63) is 69.8 Å². The Morgan fingerprint density at radius 2 is 1.72 bits per heavy atom. The molecule has 2 aromatic carbocycles. The largest absolute Gasteiger partial charge is 0.496 e. The summed E-state index contributed by atoms with van der Waals surface area (Å²) in [5.74, 6) is -0.618. The number of amides is 1. The van der Waals surface area contributed by atoms with Gasteiger partial charge in [-0.25, -0.2) is 4.79 Å². The van der Waals surface area contributed by atoms with Crippen molar-refractivity contribution in [1.29, 1.82) is 5.26 Å². The van der Waals surface area contributed by atoms with E-state index in [2.05, 4.69) is 11.4 Å². The van der Waals surface area contributed by atoms with Crippen molar-refractivity contribution in [3.8, 4) is 11.8 Å². The molecule has 0 fully saturated rings. The second kappa shape index (κ2) is 9.06. The number of nitriles is 1. The third kappa shape index (κ3) is 5.45. The van der Waals surface area contributed by atoms with Crippen molar-refractivity contribution in [2.45, 2.75) is 38.3 Å². The lowest BCUT2D eigenvalue weighted by molar-refractivity contribution is -0.385. The number of alkyl carbamates (subject to hydrolysis) is 1. The fourth-order valence-electron chi connectivity index (χ4n) is 2.94. The number of nitrogens with one attached hydrogen (secondary N) is 1. The van der Waals surface area contributed by atoms with Crippen molar-refractivity contribution in [2.75, 3.05) is 7.11 Å². The number of hydrogen-bond acceptors (Lipinski definition) is 6. The Kier molecular flexibility index (Phi) is 6.78. The summed E-state index contributed by atoms with van der Waals surface area (Å²) >= 11 is 0. The molecule has 2 atom stereocenters. The van der Waals surface area contributed by atoms with Crippen molar-refractivity contribution in [1.82, 2.24) is 5.32 Å². The molecule has 0 saturated heterocycles. The van der Waals surface area contributed by atoms with Crippen molar-refractivity contribution in [2.24, 2.45) is 0 Å². The number of nitro groups is 1. The van der Waals surface area contributed by atoms with Crippen LogP contribution in [-0.2, 0) is 4.74 Å². The SMILES string of the molecule is COc1ccccc1[C@@H](NC(=O)OC(C)(C)C)[C@H](C#N)c1ccccc1[N+](=O)[O-]. The van der Waals surface area contributed by atoms with Crippen LogP contribution < -0.4 is 10.1 Å². The number of carbonyl (C=O) groups excluding carboxylic acids is 1. The lowest BCUT2D eigenvalue weighted by Crippen LogP contribution is -2.37. The summed E-state index contributed by atoms with van der Waals surface area (Å²) in [6.07, 6.45) is -0.743. The van der Waals surface area contributed by atoms with Gasteiger partial charge < -0.3 is 14.8 Å². The van der Waals surface area contributed by atoms with E-state index in [4.69, 9.17) is 9.47 Å². The quantitative estimate of drug-likeness (QED) is 0.568. The summed E-state index contributed by atoms with van der Waals surface area (Å²) in [4.78, 5) is 23.4. The number of rotatable bonds is 6. The maximum Gasteiger partial charge on any atom is 0.408 e. The third-order valence-corrected chi connectivity index (χ3v) is 4.09. The van der Waals surface area contributed by atoms with Crippen LogP contribution in [0.1, 0.15) is 43.9 Å². The van der Waals surface area contributed by atoms with E-state index < -0.39 is 28.6 Å². The van der Waals surface area contributed by atoms with E-state index in [0.717, 1.165) is 0 Å². The number of nitrogens with zero attached hydrogens (tertiary/aromatic N) is 2. The van der Waals surface area contributed by atoms with Gasteiger partial charge in [0, 0.05) is 17.2 Å². The van der Waals surface area contributed by atoms with E-state index in [-0.39, 0.29) is 11.3 Å². The number of ether oxygens (including phenoxy) is 2. The minimum atomic E-state index is -1.06. The Balaban J connectivity index is 2.58. The van der Waals surface area contributed by atoms with E-state index in [0.29, 0.717) is 11.3 Å². The van der Waals surface area contributed by atoms with Gasteiger partial charge in [-0.2, -0.15) is 5.26 Å². The molecule has 0 unspecified atom stereocenters. The molecule has 0 aromatic heterocycles. The highest BCUT2D eigenvalue weighted by Crippen LogP contribution is 2.39. The third-order valence-electron chi connectivity index (χ3n) is 4.09. The first-order chi connectivity index (χ1) is 13.7. The van der Waals surface area contributed by atoms with Crippen LogP contribution in [0.4, 0.5) is 10.5 Å². The standard InChI is InChI=1S/C21H23N3O5/c1-21(2,3)29-20(25)23-19(15-10-6-8-12-18(15)28-4)16(13-22)14-9-5-7-11-17(14)24(26)27/h5-12,16,19H,1-4H3,(H,23,25)/t16-,19-/m1/s1. The van der Waals surface area contributed by atoms with Crippen molar-refractivity contribution in [3.63, 3.8) is 0 Å². The first-order valence-corrected chi connectivity index (χ1v) is 8.93. The monoisotopic (exact) mass is 397 g/mol. The van der Waals surface area contributed by atoms with Crippen LogP contribution >= 0.6 is 0 Å². The molecule has 0 aliphatic carbocycles. The Bertz CT molecular complexity index is 930. The van der Waals surface area contributed by atoms with Gasteiger partial charge in [-0.1, -0.05) is 36.4 Å². The van der Waals surface area contributed by atoms with Gasteiger partial charge in [0.1, 0.15) is 17.3 Å². The molecule has 0 aliphatic heterocycles. The summed E-state index contributed by atoms with van der Waals surface area (Å²) in [6, 6.07) is 14.0. The molecule has 8 heteroatoms. The van der Waals surface area contributed by atoms with Gasteiger partial charge in [-0.15, -0.1) is 0 Å². The number of benzene rings is 2. The molecule has 0 radical (unpaired) electrons. The summed E-state index contributed by atoms with van der Waals surface area (Å²) < 4.78 is 10.7. The predicted molar refractivity (Wildman–Crippen MR) is 107 cm³/mol. The van der Waals surface area contributed by atoms with E-state index in [1.807, 2.05) is 0 Å². The zero-order valence-corrected chi connectivity index (χ0v) is 16.7. The molecule has 1 N–H and O–H groups in total. The van der Waals surface area contributed by atoms with E-state index in [9.17, 15) is 20.2 Å². The second-order valence-corrected chi connectivity index (χ2v) is 7.29. The van der Waals surface area contributed by atoms with Crippen LogP contribution in [0.2, 0.25) is 0 Å². The smallest absolute Gasteiger partial charge is 0.408 e. The topological polar surface area (TPSA) is 114 Å². The molecule has 29 heavy (non-hydrogen) atoms. The maximum atomic E-state index is 12.5. The first kappa shape index (κ1) is 21.7. The summed E-state index contributed by atoms with van der Waals surface area (Å²) in [6.45, 7) is 5.15. The Morgan fingerprint density at radius 1 is 1.14 bits per heavy atom. The highest BCUT2D eigenvalue weighted by molar-refractivity contribution is 5.69. The van der Waals surface area contributed by atoms with Gasteiger partial charge in [0.15, 0.2) is 0 Å². The molecule has 1 amide bonds. The highest BCUT2D eigenvalue weighted by atomic mass is 16.6. The average Bonchev–Trinajstić information content (AvgIpc) is 2.66. The van der Waals surface area contributed by atoms with Gasteiger partial charge in [-0.05, 0) is 26.8 Å². The van der Waals surface area contributed by atoms with Crippen LogP contribution in [0.15, 0.2) is 48.5 Å². The fourth-order valence-corrected chi connectivity index (χ4v) is 2.94. The van der Waals surface area contributed by atoms with Gasteiger partial charge in [0.25, 0.3) is 5.69 Å². The number of nitro benzene ring substituents is 1. The summed E-state index contributed by atoms with van der Waals surface area (Å²) in [5, 5.41) is 24.1. The Morgan fingerprint density at radius 3 is 2.28 bits per heavy atom.